The SMILES string of the molecule is CC(=O)O[C@@H](CCCO)[C@@H]1CC[C@H]([C@H](O)CCCO)O1. The quantitative estimate of drug-likeness (QED) is 0.531. The van der Waals surface area contributed by atoms with Gasteiger partial charge in [-0.1, -0.05) is 0 Å². The highest BCUT2D eigenvalue weighted by Crippen LogP contribution is 2.29. The van der Waals surface area contributed by atoms with Gasteiger partial charge in [0.05, 0.1) is 18.3 Å². The molecule has 0 amide bonds. The summed E-state index contributed by atoms with van der Waals surface area (Å²) in [4.78, 5) is 11.1. The molecule has 0 saturated carbocycles. The Bertz CT molecular complexity index is 283. The third kappa shape index (κ3) is 5.75. The monoisotopic (exact) mass is 290 g/mol. The summed E-state index contributed by atoms with van der Waals surface area (Å²) in [6.45, 7) is 1.46. The predicted octanol–water partition coefficient (Wildman–Crippen LogP) is 0.372. The molecule has 0 bridgehead atoms. The van der Waals surface area contributed by atoms with Crippen LogP contribution in [0.5, 0.6) is 0 Å². The van der Waals surface area contributed by atoms with Crippen LogP contribution in [-0.4, -0.2) is 58.9 Å². The minimum Gasteiger partial charge on any atom is -0.460 e. The summed E-state index contributed by atoms with van der Waals surface area (Å²) in [7, 11) is 0. The number of aliphatic hydroxyl groups is 3. The fourth-order valence-corrected chi connectivity index (χ4v) is 2.56. The van der Waals surface area contributed by atoms with Crippen molar-refractivity contribution in [2.45, 2.75) is 69.9 Å². The molecule has 4 atom stereocenters. The van der Waals surface area contributed by atoms with Gasteiger partial charge in [0.2, 0.25) is 0 Å². The van der Waals surface area contributed by atoms with E-state index < -0.39 is 6.10 Å². The molecule has 0 radical (unpaired) electrons. The number of rotatable bonds is 9. The van der Waals surface area contributed by atoms with Crippen molar-refractivity contribution in [1.29, 1.82) is 0 Å². The van der Waals surface area contributed by atoms with Crippen molar-refractivity contribution < 1.29 is 29.6 Å². The lowest BCUT2D eigenvalue weighted by molar-refractivity contribution is -0.157. The molecule has 1 aliphatic heterocycles. The molecule has 1 rings (SSSR count). The first-order valence-corrected chi connectivity index (χ1v) is 7.31. The van der Waals surface area contributed by atoms with Crippen LogP contribution < -0.4 is 0 Å². The molecule has 0 aromatic rings. The maximum atomic E-state index is 11.1. The fourth-order valence-electron chi connectivity index (χ4n) is 2.56. The van der Waals surface area contributed by atoms with E-state index in [9.17, 15) is 9.90 Å². The smallest absolute Gasteiger partial charge is 0.302 e. The van der Waals surface area contributed by atoms with Crippen LogP contribution in [0, 0.1) is 0 Å². The van der Waals surface area contributed by atoms with Gasteiger partial charge in [0, 0.05) is 20.1 Å². The minimum atomic E-state index is -0.594. The van der Waals surface area contributed by atoms with Crippen LogP contribution >= 0.6 is 0 Å². The summed E-state index contributed by atoms with van der Waals surface area (Å²) in [6.07, 6.45) is 2.15. The standard InChI is InChI=1S/C14H26O6/c1-10(17)19-13(5-3-9-16)14-7-6-12(20-14)11(18)4-2-8-15/h11-16,18H,2-9H2,1H3/t11-,12-,13+,14+/m1/s1. The van der Waals surface area contributed by atoms with E-state index in [-0.39, 0.29) is 37.5 Å². The van der Waals surface area contributed by atoms with Crippen molar-refractivity contribution in [2.24, 2.45) is 0 Å². The van der Waals surface area contributed by atoms with Gasteiger partial charge in [-0.25, -0.2) is 0 Å². The Kier molecular flexibility index (Phi) is 8.06. The van der Waals surface area contributed by atoms with Crippen LogP contribution in [0.2, 0.25) is 0 Å². The highest BCUT2D eigenvalue weighted by atomic mass is 16.6. The zero-order valence-corrected chi connectivity index (χ0v) is 12.0. The molecule has 6 heteroatoms. The van der Waals surface area contributed by atoms with Crippen molar-refractivity contribution >= 4 is 5.97 Å². The van der Waals surface area contributed by atoms with E-state index in [1.165, 1.54) is 6.92 Å². The molecular formula is C14H26O6. The van der Waals surface area contributed by atoms with Gasteiger partial charge in [0.15, 0.2) is 0 Å². The molecule has 1 saturated heterocycles. The van der Waals surface area contributed by atoms with E-state index in [1.54, 1.807) is 0 Å². The first-order valence-electron chi connectivity index (χ1n) is 7.31. The molecule has 0 aliphatic carbocycles. The summed E-state index contributed by atoms with van der Waals surface area (Å²) < 4.78 is 11.0. The van der Waals surface area contributed by atoms with Gasteiger partial charge in [-0.15, -0.1) is 0 Å². The predicted molar refractivity (Wildman–Crippen MR) is 72.1 cm³/mol. The maximum absolute atomic E-state index is 11.1. The molecular weight excluding hydrogens is 264 g/mol. The van der Waals surface area contributed by atoms with E-state index in [0.29, 0.717) is 32.1 Å². The van der Waals surface area contributed by atoms with Gasteiger partial charge in [-0.2, -0.15) is 0 Å². The van der Waals surface area contributed by atoms with Gasteiger partial charge in [0.1, 0.15) is 6.10 Å². The summed E-state index contributed by atoms with van der Waals surface area (Å²) in [5.74, 6) is -0.360. The number of carbonyl (C=O) groups is 1. The van der Waals surface area contributed by atoms with E-state index in [1.807, 2.05) is 0 Å². The van der Waals surface area contributed by atoms with Crippen LogP contribution in [0.25, 0.3) is 0 Å². The van der Waals surface area contributed by atoms with Crippen molar-refractivity contribution in [3.05, 3.63) is 0 Å². The van der Waals surface area contributed by atoms with E-state index in [4.69, 9.17) is 19.7 Å². The van der Waals surface area contributed by atoms with Crippen LogP contribution in [0.3, 0.4) is 0 Å². The molecule has 1 fully saturated rings. The largest absolute Gasteiger partial charge is 0.460 e. The van der Waals surface area contributed by atoms with Gasteiger partial charge in [-0.3, -0.25) is 4.79 Å². The third-order valence-electron chi connectivity index (χ3n) is 3.55. The zero-order chi connectivity index (χ0) is 15.0. The van der Waals surface area contributed by atoms with Crippen LogP contribution in [0.15, 0.2) is 0 Å². The second-order valence-electron chi connectivity index (χ2n) is 5.24. The molecule has 0 unspecified atom stereocenters. The summed E-state index contributed by atoms with van der Waals surface area (Å²) in [5, 5.41) is 27.6. The highest BCUT2D eigenvalue weighted by molar-refractivity contribution is 5.66. The third-order valence-corrected chi connectivity index (χ3v) is 3.55. The number of carbonyl (C=O) groups excluding carboxylic acids is 1. The molecule has 0 aromatic heterocycles. The van der Waals surface area contributed by atoms with E-state index in [0.717, 1.165) is 6.42 Å². The van der Waals surface area contributed by atoms with E-state index in [2.05, 4.69) is 0 Å². The highest BCUT2D eigenvalue weighted by Gasteiger charge is 2.36. The Morgan fingerprint density at radius 3 is 2.40 bits per heavy atom. The second-order valence-corrected chi connectivity index (χ2v) is 5.24. The van der Waals surface area contributed by atoms with Gasteiger partial charge in [-0.05, 0) is 38.5 Å². The Hall–Kier alpha value is -0.690. The summed E-state index contributed by atoms with van der Waals surface area (Å²) >= 11 is 0. The summed E-state index contributed by atoms with van der Waals surface area (Å²) in [5.41, 5.74) is 0. The van der Waals surface area contributed by atoms with Crippen molar-refractivity contribution in [1.82, 2.24) is 0 Å². The second kappa shape index (κ2) is 9.28. The van der Waals surface area contributed by atoms with Crippen molar-refractivity contribution in [3.63, 3.8) is 0 Å². The molecule has 0 aromatic carbocycles. The van der Waals surface area contributed by atoms with Gasteiger partial charge >= 0.3 is 5.97 Å². The van der Waals surface area contributed by atoms with Crippen LogP contribution in [0.4, 0.5) is 0 Å². The molecule has 0 spiro atoms. The molecule has 6 nitrogen and oxygen atoms in total. The average molecular weight is 290 g/mol. The number of aliphatic hydroxyl groups excluding tert-OH is 3. The molecule has 3 N–H and O–H groups in total. The average Bonchev–Trinajstić information content (AvgIpc) is 2.90. The number of ether oxygens (including phenoxy) is 2. The van der Waals surface area contributed by atoms with Crippen LogP contribution in [0.1, 0.15) is 45.4 Å². The Labute approximate surface area is 119 Å². The summed E-state index contributed by atoms with van der Waals surface area (Å²) in [6, 6.07) is 0. The Morgan fingerprint density at radius 2 is 1.80 bits per heavy atom. The zero-order valence-electron chi connectivity index (χ0n) is 12.0. The number of hydrogen-bond donors (Lipinski definition) is 3. The molecule has 1 aliphatic rings. The number of hydrogen-bond acceptors (Lipinski definition) is 6. The topological polar surface area (TPSA) is 96.2 Å². The van der Waals surface area contributed by atoms with Crippen LogP contribution in [-0.2, 0) is 14.3 Å². The molecule has 1 heterocycles. The lowest BCUT2D eigenvalue weighted by Crippen LogP contribution is -2.34. The minimum absolute atomic E-state index is 0.0486. The Balaban J connectivity index is 2.46. The normalized spacial score (nSPS) is 25.4. The van der Waals surface area contributed by atoms with Crippen molar-refractivity contribution in [3.8, 4) is 0 Å². The first kappa shape index (κ1) is 17.4. The van der Waals surface area contributed by atoms with Crippen molar-refractivity contribution in [2.75, 3.05) is 13.2 Å². The van der Waals surface area contributed by atoms with Gasteiger partial charge < -0.3 is 24.8 Å². The van der Waals surface area contributed by atoms with Gasteiger partial charge in [0.25, 0.3) is 0 Å². The Morgan fingerprint density at radius 1 is 1.20 bits per heavy atom. The fraction of sp³-hybridized carbons (Fsp3) is 0.929. The van der Waals surface area contributed by atoms with E-state index >= 15 is 0 Å². The lowest BCUT2D eigenvalue weighted by Gasteiger charge is -2.25. The first-order chi connectivity index (χ1) is 9.58. The lowest BCUT2D eigenvalue weighted by atomic mass is 10.0. The maximum Gasteiger partial charge on any atom is 0.302 e. The molecule has 20 heavy (non-hydrogen) atoms. The molecule has 118 valence electrons. The number of esters is 1.